The van der Waals surface area contributed by atoms with Gasteiger partial charge in [-0.25, -0.2) is 4.39 Å². The fraction of sp³-hybridized carbons (Fsp3) is 0.0667. The van der Waals surface area contributed by atoms with Crippen LogP contribution < -0.4 is 5.32 Å². The Balaban J connectivity index is 2.26. The largest absolute Gasteiger partial charge is 0.416 e. The molecule has 0 bridgehead atoms. The van der Waals surface area contributed by atoms with Crippen LogP contribution in [0.3, 0.4) is 0 Å². The molecule has 2 aromatic rings. The van der Waals surface area contributed by atoms with Gasteiger partial charge in [0.2, 0.25) is 0 Å². The van der Waals surface area contributed by atoms with Crippen LogP contribution in [-0.2, 0) is 6.18 Å². The standard InChI is InChI=1S/C15H7ClF4N2O/c16-11-6-9(15(18,19)20)2-4-13(11)22-14(23)10-3-1-8(7-21)5-12(10)17/h1-6H,(H,22,23). The van der Waals surface area contributed by atoms with E-state index in [0.717, 1.165) is 24.3 Å². The molecule has 23 heavy (non-hydrogen) atoms. The number of hydrogen-bond donors (Lipinski definition) is 1. The van der Waals surface area contributed by atoms with Crippen LogP contribution in [0.2, 0.25) is 5.02 Å². The summed E-state index contributed by atoms with van der Waals surface area (Å²) in [6, 6.07) is 7.32. The van der Waals surface area contributed by atoms with Crippen LogP contribution in [0.15, 0.2) is 36.4 Å². The van der Waals surface area contributed by atoms with E-state index >= 15 is 0 Å². The Morgan fingerprint density at radius 3 is 2.39 bits per heavy atom. The van der Waals surface area contributed by atoms with Gasteiger partial charge >= 0.3 is 6.18 Å². The third kappa shape index (κ3) is 3.79. The Hall–Kier alpha value is -2.59. The molecule has 0 saturated carbocycles. The number of alkyl halides is 3. The van der Waals surface area contributed by atoms with E-state index in [1.807, 2.05) is 0 Å². The van der Waals surface area contributed by atoms with Gasteiger partial charge in [-0.15, -0.1) is 0 Å². The number of halogens is 5. The van der Waals surface area contributed by atoms with E-state index in [2.05, 4.69) is 5.32 Å². The average Bonchev–Trinajstić information content (AvgIpc) is 2.47. The predicted molar refractivity (Wildman–Crippen MR) is 75.5 cm³/mol. The molecule has 1 amide bonds. The molecule has 2 aromatic carbocycles. The molecule has 0 aliphatic rings. The maximum Gasteiger partial charge on any atom is 0.416 e. The minimum atomic E-state index is -4.56. The van der Waals surface area contributed by atoms with Crippen molar-refractivity contribution in [2.45, 2.75) is 6.18 Å². The van der Waals surface area contributed by atoms with Gasteiger partial charge in [0, 0.05) is 0 Å². The molecule has 0 spiro atoms. The number of benzene rings is 2. The molecule has 0 aromatic heterocycles. The lowest BCUT2D eigenvalue weighted by molar-refractivity contribution is -0.137. The molecule has 0 aliphatic carbocycles. The predicted octanol–water partition coefficient (Wildman–Crippen LogP) is 4.62. The molecule has 0 radical (unpaired) electrons. The van der Waals surface area contributed by atoms with Crippen molar-refractivity contribution in [2.24, 2.45) is 0 Å². The maximum atomic E-state index is 13.7. The van der Waals surface area contributed by atoms with E-state index < -0.39 is 23.5 Å². The number of carbonyl (C=O) groups is 1. The summed E-state index contributed by atoms with van der Waals surface area (Å²) in [7, 11) is 0. The first-order chi connectivity index (χ1) is 10.7. The maximum absolute atomic E-state index is 13.7. The Bertz CT molecular complexity index is 812. The first-order valence-corrected chi connectivity index (χ1v) is 6.48. The normalized spacial score (nSPS) is 11.0. The summed E-state index contributed by atoms with van der Waals surface area (Å²) >= 11 is 5.70. The molecule has 0 unspecified atom stereocenters. The highest BCUT2D eigenvalue weighted by Gasteiger charge is 2.31. The summed E-state index contributed by atoms with van der Waals surface area (Å²) in [5, 5.41) is 10.5. The Morgan fingerprint density at radius 1 is 1.17 bits per heavy atom. The molecular formula is C15H7ClF4N2O. The minimum Gasteiger partial charge on any atom is -0.321 e. The molecule has 3 nitrogen and oxygen atoms in total. The number of rotatable bonds is 2. The molecule has 0 fully saturated rings. The summed E-state index contributed by atoms with van der Waals surface area (Å²) < 4.78 is 51.3. The van der Waals surface area contributed by atoms with Crippen molar-refractivity contribution in [3.05, 3.63) is 63.9 Å². The SMILES string of the molecule is N#Cc1ccc(C(=O)Nc2ccc(C(F)(F)F)cc2Cl)c(F)c1. The van der Waals surface area contributed by atoms with Gasteiger partial charge in [-0.1, -0.05) is 11.6 Å². The highest BCUT2D eigenvalue weighted by Crippen LogP contribution is 2.33. The highest BCUT2D eigenvalue weighted by molar-refractivity contribution is 6.34. The topological polar surface area (TPSA) is 52.9 Å². The number of amides is 1. The highest BCUT2D eigenvalue weighted by atomic mass is 35.5. The van der Waals surface area contributed by atoms with Crippen LogP contribution in [0, 0.1) is 17.1 Å². The van der Waals surface area contributed by atoms with E-state index in [4.69, 9.17) is 16.9 Å². The number of nitrogens with zero attached hydrogens (tertiary/aromatic N) is 1. The van der Waals surface area contributed by atoms with E-state index in [-0.39, 0.29) is 21.8 Å². The van der Waals surface area contributed by atoms with E-state index in [9.17, 15) is 22.4 Å². The van der Waals surface area contributed by atoms with Crippen molar-refractivity contribution in [2.75, 3.05) is 5.32 Å². The summed E-state index contributed by atoms with van der Waals surface area (Å²) in [5.74, 6) is -1.82. The van der Waals surface area contributed by atoms with E-state index in [1.54, 1.807) is 6.07 Å². The van der Waals surface area contributed by atoms with Crippen LogP contribution in [0.4, 0.5) is 23.2 Å². The number of anilines is 1. The van der Waals surface area contributed by atoms with Crippen molar-refractivity contribution in [3.63, 3.8) is 0 Å². The van der Waals surface area contributed by atoms with Gasteiger partial charge in [0.05, 0.1) is 33.5 Å². The molecule has 1 N–H and O–H groups in total. The van der Waals surface area contributed by atoms with Crippen LogP contribution in [-0.4, -0.2) is 5.91 Å². The average molecular weight is 343 g/mol. The van der Waals surface area contributed by atoms with Gasteiger partial charge in [-0.2, -0.15) is 18.4 Å². The van der Waals surface area contributed by atoms with E-state index in [1.165, 1.54) is 6.07 Å². The Kier molecular flexibility index (Phi) is 4.57. The molecule has 118 valence electrons. The zero-order chi connectivity index (χ0) is 17.2. The van der Waals surface area contributed by atoms with Gasteiger partial charge in [-0.3, -0.25) is 4.79 Å². The second-order valence-corrected chi connectivity index (χ2v) is 4.86. The summed E-state index contributed by atoms with van der Waals surface area (Å²) in [5.41, 5.74) is -1.38. The lowest BCUT2D eigenvalue weighted by Gasteiger charge is -2.11. The van der Waals surface area contributed by atoms with Crippen molar-refractivity contribution in [3.8, 4) is 6.07 Å². The van der Waals surface area contributed by atoms with Crippen LogP contribution >= 0.6 is 11.6 Å². The Labute approximate surface area is 133 Å². The lowest BCUT2D eigenvalue weighted by atomic mass is 10.1. The molecular weight excluding hydrogens is 336 g/mol. The van der Waals surface area contributed by atoms with Gasteiger partial charge in [0.1, 0.15) is 5.82 Å². The molecule has 0 saturated heterocycles. The van der Waals surface area contributed by atoms with Crippen LogP contribution in [0.5, 0.6) is 0 Å². The molecule has 2 rings (SSSR count). The Morgan fingerprint density at radius 2 is 1.87 bits per heavy atom. The summed E-state index contributed by atoms with van der Waals surface area (Å²) in [4.78, 5) is 12.0. The number of nitrogens with one attached hydrogen (secondary N) is 1. The fourth-order valence-corrected chi connectivity index (χ4v) is 1.98. The molecule has 0 heterocycles. The third-order valence-corrected chi connectivity index (χ3v) is 3.20. The summed E-state index contributed by atoms with van der Waals surface area (Å²) in [6.45, 7) is 0. The van der Waals surface area contributed by atoms with Gasteiger partial charge in [0.25, 0.3) is 5.91 Å². The quantitative estimate of drug-likeness (QED) is 0.809. The third-order valence-electron chi connectivity index (χ3n) is 2.89. The van der Waals surface area contributed by atoms with Crippen molar-refractivity contribution in [1.29, 1.82) is 5.26 Å². The van der Waals surface area contributed by atoms with E-state index in [0.29, 0.717) is 6.07 Å². The second-order valence-electron chi connectivity index (χ2n) is 4.45. The monoisotopic (exact) mass is 342 g/mol. The smallest absolute Gasteiger partial charge is 0.321 e. The zero-order valence-corrected chi connectivity index (χ0v) is 12.0. The molecule has 0 aliphatic heterocycles. The first kappa shape index (κ1) is 16.8. The molecule has 8 heteroatoms. The van der Waals surface area contributed by atoms with Crippen molar-refractivity contribution < 1.29 is 22.4 Å². The van der Waals surface area contributed by atoms with Crippen LogP contribution in [0.1, 0.15) is 21.5 Å². The molecule has 0 atom stereocenters. The number of carbonyl (C=O) groups excluding carboxylic acids is 1. The van der Waals surface area contributed by atoms with Gasteiger partial charge in [-0.05, 0) is 36.4 Å². The number of hydrogen-bond acceptors (Lipinski definition) is 2. The van der Waals surface area contributed by atoms with Gasteiger partial charge in [0.15, 0.2) is 0 Å². The van der Waals surface area contributed by atoms with Crippen molar-refractivity contribution in [1.82, 2.24) is 0 Å². The minimum absolute atomic E-state index is 0.0339. The van der Waals surface area contributed by atoms with Crippen molar-refractivity contribution >= 4 is 23.2 Å². The lowest BCUT2D eigenvalue weighted by Crippen LogP contribution is -2.14. The summed E-state index contributed by atoms with van der Waals surface area (Å²) in [6.07, 6.45) is -4.56. The zero-order valence-electron chi connectivity index (χ0n) is 11.2. The fourth-order valence-electron chi connectivity index (χ4n) is 1.75. The number of nitriles is 1. The second kappa shape index (κ2) is 6.26. The first-order valence-electron chi connectivity index (χ1n) is 6.10. The van der Waals surface area contributed by atoms with Gasteiger partial charge < -0.3 is 5.32 Å². The van der Waals surface area contributed by atoms with Crippen LogP contribution in [0.25, 0.3) is 0 Å².